The molecule has 4 heterocycles. The molecule has 5 rings (SSSR count). The van der Waals surface area contributed by atoms with Gasteiger partial charge in [0.15, 0.2) is 0 Å². The third-order valence-corrected chi connectivity index (χ3v) is 9.04. The lowest BCUT2D eigenvalue weighted by atomic mass is 10.00. The highest BCUT2D eigenvalue weighted by Crippen LogP contribution is 2.29. The summed E-state index contributed by atoms with van der Waals surface area (Å²) >= 11 is 0. The van der Waals surface area contributed by atoms with E-state index in [0.717, 1.165) is 110 Å². The molecule has 46 heavy (non-hydrogen) atoms. The van der Waals surface area contributed by atoms with Crippen LogP contribution in [-0.4, -0.2) is 74.5 Å². The number of aliphatic hydroxyl groups is 1. The number of aliphatic hydroxyl groups excluding tert-OH is 1. The molecule has 0 atom stereocenters. The molecule has 3 aromatic heterocycles. The molecular formula is C36H49N7O3. The molecule has 10 heteroatoms. The molecule has 1 aliphatic rings. The van der Waals surface area contributed by atoms with Crippen molar-refractivity contribution in [2.24, 2.45) is 0 Å². The average molecular weight is 628 g/mol. The van der Waals surface area contributed by atoms with Crippen molar-refractivity contribution in [3.8, 4) is 11.1 Å². The average Bonchev–Trinajstić information content (AvgIpc) is 3.46. The van der Waals surface area contributed by atoms with Crippen LogP contribution in [0, 0.1) is 6.92 Å². The first-order valence-corrected chi connectivity index (χ1v) is 16.8. The number of amides is 1. The molecule has 1 saturated heterocycles. The number of fused-ring (bicyclic) bond motifs is 1. The topological polar surface area (TPSA) is 119 Å². The Kier molecular flexibility index (Phi) is 11.2. The first-order valence-electron chi connectivity index (χ1n) is 16.8. The molecule has 4 aromatic rings. The maximum Gasteiger partial charge on any atom is 0.253 e. The minimum atomic E-state index is -0.246. The van der Waals surface area contributed by atoms with Crippen LogP contribution in [0.2, 0.25) is 0 Å². The summed E-state index contributed by atoms with van der Waals surface area (Å²) in [5, 5.41) is 17.6. The van der Waals surface area contributed by atoms with Crippen LogP contribution in [-0.2, 0) is 19.5 Å². The van der Waals surface area contributed by atoms with E-state index in [0.29, 0.717) is 17.2 Å². The summed E-state index contributed by atoms with van der Waals surface area (Å²) in [5.41, 5.74) is 5.45. The van der Waals surface area contributed by atoms with Crippen molar-refractivity contribution in [2.45, 2.75) is 85.4 Å². The number of aromatic amines is 1. The predicted octanol–water partition coefficient (Wildman–Crippen LogP) is 5.06. The molecule has 1 aromatic carbocycles. The number of benzene rings is 1. The van der Waals surface area contributed by atoms with Gasteiger partial charge >= 0.3 is 0 Å². The quantitative estimate of drug-likeness (QED) is 0.167. The lowest BCUT2D eigenvalue weighted by Crippen LogP contribution is -2.49. The number of hydrogen-bond acceptors (Lipinski definition) is 7. The number of aryl methyl sites for hydroxylation is 3. The van der Waals surface area contributed by atoms with Crippen LogP contribution in [0.25, 0.3) is 22.0 Å². The van der Waals surface area contributed by atoms with Gasteiger partial charge in [-0.25, -0.2) is 4.98 Å². The summed E-state index contributed by atoms with van der Waals surface area (Å²) in [4.78, 5) is 39.2. The summed E-state index contributed by atoms with van der Waals surface area (Å²) in [6.07, 6.45) is 9.04. The second kappa shape index (κ2) is 15.5. The van der Waals surface area contributed by atoms with Gasteiger partial charge in [0.05, 0.1) is 17.3 Å². The highest BCUT2D eigenvalue weighted by Gasteiger charge is 2.21. The Morgan fingerprint density at radius 3 is 2.50 bits per heavy atom. The third kappa shape index (κ3) is 7.85. The lowest BCUT2D eigenvalue weighted by molar-refractivity contribution is 0.0952. The van der Waals surface area contributed by atoms with Crippen molar-refractivity contribution in [2.75, 3.05) is 37.7 Å². The number of hydrogen-bond donors (Lipinski definition) is 3. The summed E-state index contributed by atoms with van der Waals surface area (Å²) in [5.74, 6) is 0.717. The highest BCUT2D eigenvalue weighted by molar-refractivity contribution is 6.08. The third-order valence-electron chi connectivity index (χ3n) is 9.04. The van der Waals surface area contributed by atoms with Gasteiger partial charge < -0.3 is 20.3 Å². The number of pyridine rings is 2. The lowest BCUT2D eigenvalue weighted by Gasteiger charge is -2.37. The minimum absolute atomic E-state index is 0.148. The summed E-state index contributed by atoms with van der Waals surface area (Å²) in [7, 11) is 0. The highest BCUT2D eigenvalue weighted by atomic mass is 16.3. The Morgan fingerprint density at radius 2 is 1.80 bits per heavy atom. The van der Waals surface area contributed by atoms with E-state index in [-0.39, 0.29) is 24.6 Å². The van der Waals surface area contributed by atoms with Gasteiger partial charge in [-0.05, 0) is 81.5 Å². The Labute approximate surface area is 271 Å². The number of piperazine rings is 1. The van der Waals surface area contributed by atoms with Gasteiger partial charge in [-0.1, -0.05) is 26.2 Å². The zero-order valence-corrected chi connectivity index (χ0v) is 27.8. The van der Waals surface area contributed by atoms with Crippen LogP contribution in [0.15, 0.2) is 47.5 Å². The zero-order valence-electron chi connectivity index (χ0n) is 27.8. The van der Waals surface area contributed by atoms with E-state index in [9.17, 15) is 9.59 Å². The molecule has 1 amide bonds. The van der Waals surface area contributed by atoms with Crippen LogP contribution in [0.4, 0.5) is 5.82 Å². The van der Waals surface area contributed by atoms with E-state index in [1.807, 2.05) is 29.9 Å². The van der Waals surface area contributed by atoms with Gasteiger partial charge in [0.1, 0.15) is 5.82 Å². The Balaban J connectivity index is 1.42. The van der Waals surface area contributed by atoms with Gasteiger partial charge in [-0.2, -0.15) is 5.10 Å². The number of aromatic nitrogens is 4. The van der Waals surface area contributed by atoms with Gasteiger partial charge in [0.2, 0.25) is 0 Å². The van der Waals surface area contributed by atoms with E-state index in [1.54, 1.807) is 6.20 Å². The van der Waals surface area contributed by atoms with Crippen molar-refractivity contribution < 1.29 is 9.90 Å². The van der Waals surface area contributed by atoms with Crippen molar-refractivity contribution in [3.05, 3.63) is 75.5 Å². The molecule has 246 valence electrons. The molecule has 1 aliphatic heterocycles. The van der Waals surface area contributed by atoms with Gasteiger partial charge in [-0.15, -0.1) is 0 Å². The monoisotopic (exact) mass is 627 g/mol. The standard InChI is InChI=1S/C36H49N7O3/c1-5-10-27-19-26(4)40-36(46)31(27)23-38-35(45)30-20-29(21-33-32(30)24-39-43(33)13-8-6-7-9-18-44)28-11-12-34(37-22-28)42-16-14-41(15-17-42)25(2)3/h11-12,19-22,24-25,44H,5-10,13-18,23H2,1-4H3,(H,38,45)(H,40,46). The maximum atomic E-state index is 13.8. The minimum Gasteiger partial charge on any atom is -0.396 e. The molecule has 0 radical (unpaired) electrons. The molecule has 3 N–H and O–H groups in total. The van der Waals surface area contributed by atoms with Crippen molar-refractivity contribution in [1.82, 2.24) is 30.0 Å². The number of carbonyl (C=O) groups is 1. The Morgan fingerprint density at radius 1 is 1.02 bits per heavy atom. The largest absolute Gasteiger partial charge is 0.396 e. The van der Waals surface area contributed by atoms with Gasteiger partial charge in [0.25, 0.3) is 11.5 Å². The number of H-pyrrole nitrogens is 1. The molecule has 1 fully saturated rings. The van der Waals surface area contributed by atoms with Crippen LogP contribution >= 0.6 is 0 Å². The van der Waals surface area contributed by atoms with Crippen molar-refractivity contribution >= 4 is 22.6 Å². The van der Waals surface area contributed by atoms with Crippen LogP contribution in [0.3, 0.4) is 0 Å². The summed E-state index contributed by atoms with van der Waals surface area (Å²) in [6.45, 7) is 13.5. The number of rotatable bonds is 14. The molecule has 10 nitrogen and oxygen atoms in total. The van der Waals surface area contributed by atoms with Crippen LogP contribution < -0.4 is 15.8 Å². The second-order valence-electron chi connectivity index (χ2n) is 12.7. The molecule has 0 saturated carbocycles. The summed E-state index contributed by atoms with van der Waals surface area (Å²) < 4.78 is 1.97. The molecule has 0 bridgehead atoms. The number of nitrogens with one attached hydrogen (secondary N) is 2. The van der Waals surface area contributed by atoms with Crippen molar-refractivity contribution in [3.63, 3.8) is 0 Å². The van der Waals surface area contributed by atoms with Crippen molar-refractivity contribution in [1.29, 1.82) is 0 Å². The number of nitrogens with zero attached hydrogens (tertiary/aromatic N) is 5. The van der Waals surface area contributed by atoms with E-state index >= 15 is 0 Å². The Hall–Kier alpha value is -4.02. The molecule has 0 spiro atoms. The molecular weight excluding hydrogens is 578 g/mol. The SMILES string of the molecule is CCCc1cc(C)[nH]c(=O)c1CNC(=O)c1cc(-c2ccc(N3CCN(C(C)C)CC3)nc2)cc2c1cnn2CCCCCCO. The van der Waals surface area contributed by atoms with E-state index in [4.69, 9.17) is 10.1 Å². The smallest absolute Gasteiger partial charge is 0.253 e. The molecule has 0 unspecified atom stereocenters. The van der Waals surface area contributed by atoms with E-state index < -0.39 is 0 Å². The number of unbranched alkanes of at least 4 members (excludes halogenated alkanes) is 3. The maximum absolute atomic E-state index is 13.8. The molecule has 0 aliphatic carbocycles. The van der Waals surface area contributed by atoms with Gasteiger partial charge in [-0.3, -0.25) is 19.2 Å². The van der Waals surface area contributed by atoms with Crippen LogP contribution in [0.5, 0.6) is 0 Å². The van der Waals surface area contributed by atoms with E-state index in [1.165, 1.54) is 0 Å². The summed E-state index contributed by atoms with van der Waals surface area (Å²) in [6, 6.07) is 10.7. The predicted molar refractivity (Wildman–Crippen MR) is 184 cm³/mol. The Bertz CT molecular complexity index is 1670. The van der Waals surface area contributed by atoms with Crippen LogP contribution in [0.1, 0.15) is 80.1 Å². The normalized spacial score (nSPS) is 14.0. The number of anilines is 1. The van der Waals surface area contributed by atoms with E-state index in [2.05, 4.69) is 64.2 Å². The van der Waals surface area contributed by atoms with Gasteiger partial charge in [0, 0.05) is 80.3 Å². The fourth-order valence-electron chi connectivity index (χ4n) is 6.38. The number of carbonyl (C=O) groups excluding carboxylic acids is 1. The second-order valence-corrected chi connectivity index (χ2v) is 12.7. The zero-order chi connectivity index (χ0) is 32.6. The first-order chi connectivity index (χ1) is 22.3. The fraction of sp³-hybridized carbons (Fsp3) is 0.500. The first kappa shape index (κ1) is 33.3. The fourth-order valence-corrected chi connectivity index (χ4v) is 6.38.